The van der Waals surface area contributed by atoms with Gasteiger partial charge in [-0.1, -0.05) is 44.2 Å². The first-order valence-corrected chi connectivity index (χ1v) is 6.39. The van der Waals surface area contributed by atoms with Gasteiger partial charge in [-0.05, 0) is 24.8 Å². The molecule has 1 aromatic rings. The minimum absolute atomic E-state index is 0.0657. The van der Waals surface area contributed by atoms with Gasteiger partial charge < -0.3 is 9.47 Å². The fourth-order valence-corrected chi connectivity index (χ4v) is 1.96. The summed E-state index contributed by atoms with van der Waals surface area (Å²) in [4.78, 5) is 0. The second-order valence-electron chi connectivity index (χ2n) is 4.79. The summed E-state index contributed by atoms with van der Waals surface area (Å²) in [5.41, 5.74) is 1.39. The molecule has 0 atom stereocenters. The average molecular weight is 236 g/mol. The van der Waals surface area contributed by atoms with Gasteiger partial charge in [0.25, 0.3) is 0 Å². The summed E-state index contributed by atoms with van der Waals surface area (Å²) in [7, 11) is 0. The predicted molar refractivity (Wildman–Crippen MR) is 71.1 cm³/mol. The highest BCUT2D eigenvalue weighted by Gasteiger charge is 2.25. The van der Waals surface area contributed by atoms with Gasteiger partial charge in [-0.3, -0.25) is 0 Å². The molecule has 0 saturated carbocycles. The summed E-state index contributed by atoms with van der Waals surface area (Å²) >= 11 is 0. The first kappa shape index (κ1) is 14.2. The lowest BCUT2D eigenvalue weighted by atomic mass is 9.81. The second kappa shape index (κ2) is 6.77. The summed E-state index contributed by atoms with van der Waals surface area (Å²) in [6.07, 6.45) is 0.763. The number of hydrogen-bond donors (Lipinski definition) is 0. The lowest BCUT2D eigenvalue weighted by Crippen LogP contribution is -2.28. The van der Waals surface area contributed by atoms with E-state index in [9.17, 15) is 0 Å². The number of rotatable bonds is 7. The molecule has 0 heterocycles. The molecule has 2 heteroatoms. The first-order valence-electron chi connectivity index (χ1n) is 6.39. The first-order chi connectivity index (χ1) is 8.10. The third-order valence-corrected chi connectivity index (χ3v) is 2.94. The molecule has 17 heavy (non-hydrogen) atoms. The summed E-state index contributed by atoms with van der Waals surface area (Å²) in [5, 5.41) is 0. The minimum Gasteiger partial charge on any atom is -0.353 e. The molecule has 0 aliphatic rings. The zero-order valence-corrected chi connectivity index (χ0v) is 11.4. The van der Waals surface area contributed by atoms with E-state index in [1.165, 1.54) is 5.56 Å². The fraction of sp³-hybridized carbons (Fsp3) is 0.600. The second-order valence-corrected chi connectivity index (χ2v) is 4.79. The Labute approximate surface area is 105 Å². The van der Waals surface area contributed by atoms with Crippen LogP contribution in [-0.2, 0) is 14.9 Å². The summed E-state index contributed by atoms with van der Waals surface area (Å²) < 4.78 is 11.2. The molecule has 0 aliphatic heterocycles. The van der Waals surface area contributed by atoms with Crippen molar-refractivity contribution in [1.29, 1.82) is 0 Å². The molecule has 0 N–H and O–H groups in total. The molecule has 0 bridgehead atoms. The molecular weight excluding hydrogens is 212 g/mol. The van der Waals surface area contributed by atoms with E-state index in [0.29, 0.717) is 13.2 Å². The minimum atomic E-state index is -0.111. The Hall–Kier alpha value is -0.860. The molecule has 0 unspecified atom stereocenters. The van der Waals surface area contributed by atoms with Crippen LogP contribution in [0.4, 0.5) is 0 Å². The van der Waals surface area contributed by atoms with Crippen LogP contribution in [0.2, 0.25) is 0 Å². The van der Waals surface area contributed by atoms with Crippen molar-refractivity contribution >= 4 is 0 Å². The average Bonchev–Trinajstić information content (AvgIpc) is 2.30. The Bertz CT molecular complexity index is 300. The van der Waals surface area contributed by atoms with Crippen molar-refractivity contribution in [3.8, 4) is 0 Å². The maximum atomic E-state index is 5.62. The Morgan fingerprint density at radius 2 is 1.53 bits per heavy atom. The molecule has 0 radical (unpaired) electrons. The van der Waals surface area contributed by atoms with Crippen LogP contribution >= 0.6 is 0 Å². The van der Waals surface area contributed by atoms with Crippen LogP contribution in [0.3, 0.4) is 0 Å². The van der Waals surface area contributed by atoms with E-state index in [1.54, 1.807) is 0 Å². The molecule has 0 aliphatic carbocycles. The monoisotopic (exact) mass is 236 g/mol. The maximum Gasteiger partial charge on any atom is 0.158 e. The van der Waals surface area contributed by atoms with E-state index in [1.807, 2.05) is 19.9 Å². The Kier molecular flexibility index (Phi) is 5.66. The standard InChI is InChI=1S/C15H24O2/c1-5-16-14(17-6-2)12-15(3,4)13-10-8-7-9-11-13/h7-11,14H,5-6,12H2,1-4H3. The van der Waals surface area contributed by atoms with Gasteiger partial charge in [0.05, 0.1) is 0 Å². The largest absolute Gasteiger partial charge is 0.353 e. The summed E-state index contributed by atoms with van der Waals surface area (Å²) in [6, 6.07) is 10.5. The molecule has 0 fully saturated rings. The lowest BCUT2D eigenvalue weighted by Gasteiger charge is -2.29. The van der Waals surface area contributed by atoms with E-state index >= 15 is 0 Å². The Balaban J connectivity index is 2.69. The van der Waals surface area contributed by atoms with Gasteiger partial charge in [0.15, 0.2) is 6.29 Å². The van der Waals surface area contributed by atoms with Crippen LogP contribution in [0.5, 0.6) is 0 Å². The molecule has 2 nitrogen and oxygen atoms in total. The quantitative estimate of drug-likeness (QED) is 0.671. The van der Waals surface area contributed by atoms with E-state index < -0.39 is 0 Å². The highest BCUT2D eigenvalue weighted by atomic mass is 16.7. The smallest absolute Gasteiger partial charge is 0.158 e. The van der Waals surface area contributed by atoms with Crippen LogP contribution in [0.15, 0.2) is 30.3 Å². The van der Waals surface area contributed by atoms with Gasteiger partial charge in [-0.2, -0.15) is 0 Å². The van der Waals surface area contributed by atoms with Crippen molar-refractivity contribution in [3.05, 3.63) is 35.9 Å². The maximum absolute atomic E-state index is 5.62. The summed E-state index contributed by atoms with van der Waals surface area (Å²) in [6.45, 7) is 9.84. The van der Waals surface area contributed by atoms with Crippen molar-refractivity contribution in [2.24, 2.45) is 0 Å². The zero-order chi connectivity index (χ0) is 12.7. The van der Waals surface area contributed by atoms with Crippen LogP contribution < -0.4 is 0 Å². The van der Waals surface area contributed by atoms with Gasteiger partial charge in [-0.25, -0.2) is 0 Å². The summed E-state index contributed by atoms with van der Waals surface area (Å²) in [5.74, 6) is 0. The van der Waals surface area contributed by atoms with Gasteiger partial charge in [0.2, 0.25) is 0 Å². The fourth-order valence-electron chi connectivity index (χ4n) is 1.96. The van der Waals surface area contributed by atoms with Crippen molar-refractivity contribution in [3.63, 3.8) is 0 Å². The van der Waals surface area contributed by atoms with Crippen molar-refractivity contribution in [1.82, 2.24) is 0 Å². The number of ether oxygens (including phenoxy) is 2. The van der Waals surface area contributed by atoms with Gasteiger partial charge in [0.1, 0.15) is 0 Å². The number of benzene rings is 1. The van der Waals surface area contributed by atoms with Crippen LogP contribution in [0.25, 0.3) is 0 Å². The van der Waals surface area contributed by atoms with E-state index in [0.717, 1.165) is 6.42 Å². The zero-order valence-electron chi connectivity index (χ0n) is 11.4. The van der Waals surface area contributed by atoms with Crippen LogP contribution in [0, 0.1) is 0 Å². The topological polar surface area (TPSA) is 18.5 Å². The highest BCUT2D eigenvalue weighted by Crippen LogP contribution is 2.29. The predicted octanol–water partition coefficient (Wildman–Crippen LogP) is 3.75. The van der Waals surface area contributed by atoms with Gasteiger partial charge in [0, 0.05) is 19.6 Å². The molecule has 0 spiro atoms. The Morgan fingerprint density at radius 1 is 1.00 bits per heavy atom. The van der Waals surface area contributed by atoms with Gasteiger partial charge in [-0.15, -0.1) is 0 Å². The molecule has 1 aromatic carbocycles. The molecule has 0 amide bonds. The van der Waals surface area contributed by atoms with E-state index in [-0.39, 0.29) is 11.7 Å². The third kappa shape index (κ3) is 4.49. The van der Waals surface area contributed by atoms with Gasteiger partial charge >= 0.3 is 0 Å². The molecule has 0 saturated heterocycles. The normalized spacial score (nSPS) is 12.1. The van der Waals surface area contributed by atoms with Crippen molar-refractivity contribution < 1.29 is 9.47 Å². The van der Waals surface area contributed by atoms with E-state index in [2.05, 4.69) is 38.1 Å². The third-order valence-electron chi connectivity index (χ3n) is 2.94. The van der Waals surface area contributed by atoms with Crippen molar-refractivity contribution in [2.45, 2.75) is 45.8 Å². The highest BCUT2D eigenvalue weighted by molar-refractivity contribution is 5.23. The molecule has 96 valence electrons. The SMILES string of the molecule is CCOC(CC(C)(C)c1ccccc1)OCC. The number of hydrogen-bond acceptors (Lipinski definition) is 2. The van der Waals surface area contributed by atoms with E-state index in [4.69, 9.17) is 9.47 Å². The molecule has 1 rings (SSSR count). The van der Waals surface area contributed by atoms with Crippen LogP contribution in [-0.4, -0.2) is 19.5 Å². The van der Waals surface area contributed by atoms with Crippen molar-refractivity contribution in [2.75, 3.05) is 13.2 Å². The Morgan fingerprint density at radius 3 is 2.00 bits per heavy atom. The molecule has 0 aromatic heterocycles. The van der Waals surface area contributed by atoms with Crippen LogP contribution in [0.1, 0.15) is 39.7 Å². The molecular formula is C15H24O2. The lowest BCUT2D eigenvalue weighted by molar-refractivity contribution is -0.147.